The highest BCUT2D eigenvalue weighted by atomic mass is 32.2. The summed E-state index contributed by atoms with van der Waals surface area (Å²) in [6, 6.07) is 2.11. The quantitative estimate of drug-likeness (QED) is 0.716. The Kier molecular flexibility index (Phi) is 4.92. The normalized spacial score (nSPS) is 18.5. The third-order valence-corrected chi connectivity index (χ3v) is 5.14. The average Bonchev–Trinajstić information content (AvgIpc) is 3.18. The van der Waals surface area contributed by atoms with Crippen LogP contribution in [0.4, 0.5) is 0 Å². The van der Waals surface area contributed by atoms with Crippen molar-refractivity contribution in [2.75, 3.05) is 18.9 Å². The molecule has 0 radical (unpaired) electrons. The van der Waals surface area contributed by atoms with Crippen molar-refractivity contribution in [3.63, 3.8) is 0 Å². The first-order chi connectivity index (χ1) is 9.11. The fourth-order valence-corrected chi connectivity index (χ4v) is 3.79. The second-order valence-corrected chi connectivity index (χ2v) is 6.55. The zero-order chi connectivity index (χ0) is 13.9. The van der Waals surface area contributed by atoms with Crippen molar-refractivity contribution >= 4 is 11.8 Å². The van der Waals surface area contributed by atoms with Gasteiger partial charge in [0, 0.05) is 12.8 Å². The first-order valence-corrected chi connectivity index (χ1v) is 8.09. The standard InChI is InChI=1S/C14H25N3OS/c1-4-7-15-14(9-18,12-5-6-12)10-19-13-8-11(2)16-17(13)3/h8,12,15,18H,4-7,9-10H2,1-3H3. The summed E-state index contributed by atoms with van der Waals surface area (Å²) in [5.74, 6) is 1.54. The molecule has 1 unspecified atom stereocenters. The molecule has 1 heterocycles. The Bertz CT molecular complexity index is 417. The summed E-state index contributed by atoms with van der Waals surface area (Å²) < 4.78 is 1.93. The number of aromatic nitrogens is 2. The number of hydrogen-bond acceptors (Lipinski definition) is 4. The summed E-state index contributed by atoms with van der Waals surface area (Å²) in [4.78, 5) is 0. The molecule has 0 aliphatic heterocycles. The van der Waals surface area contributed by atoms with Gasteiger partial charge in [-0.3, -0.25) is 4.68 Å². The number of aliphatic hydroxyl groups is 1. The van der Waals surface area contributed by atoms with Crippen LogP contribution < -0.4 is 5.32 Å². The molecule has 19 heavy (non-hydrogen) atoms. The van der Waals surface area contributed by atoms with Gasteiger partial charge in [0.1, 0.15) is 0 Å². The average molecular weight is 283 g/mol. The van der Waals surface area contributed by atoms with Crippen LogP contribution in [-0.4, -0.2) is 39.3 Å². The van der Waals surface area contributed by atoms with E-state index < -0.39 is 0 Å². The molecule has 4 nitrogen and oxygen atoms in total. The molecular weight excluding hydrogens is 258 g/mol. The zero-order valence-electron chi connectivity index (χ0n) is 12.1. The molecule has 1 aromatic rings. The minimum atomic E-state index is -0.112. The first kappa shape index (κ1) is 14.9. The molecule has 0 spiro atoms. The minimum absolute atomic E-state index is 0.112. The number of rotatable bonds is 8. The molecule has 1 fully saturated rings. The number of nitrogens with zero attached hydrogens (tertiary/aromatic N) is 2. The SMILES string of the molecule is CCCNC(CO)(CSc1cc(C)nn1C)C1CC1. The first-order valence-electron chi connectivity index (χ1n) is 7.10. The molecule has 108 valence electrons. The number of thioether (sulfide) groups is 1. The van der Waals surface area contributed by atoms with Gasteiger partial charge in [0.25, 0.3) is 0 Å². The molecule has 2 rings (SSSR count). The van der Waals surface area contributed by atoms with Crippen LogP contribution in [0.3, 0.4) is 0 Å². The van der Waals surface area contributed by atoms with Crippen LogP contribution in [0.2, 0.25) is 0 Å². The van der Waals surface area contributed by atoms with Crippen LogP contribution in [0.1, 0.15) is 31.9 Å². The lowest BCUT2D eigenvalue weighted by atomic mass is 9.96. The van der Waals surface area contributed by atoms with Crippen molar-refractivity contribution in [3.8, 4) is 0 Å². The van der Waals surface area contributed by atoms with E-state index in [4.69, 9.17) is 0 Å². The monoisotopic (exact) mass is 283 g/mol. The topological polar surface area (TPSA) is 50.1 Å². The third kappa shape index (κ3) is 3.52. The maximum Gasteiger partial charge on any atom is 0.0939 e. The highest BCUT2D eigenvalue weighted by Gasteiger charge is 2.44. The molecule has 0 bridgehead atoms. The maximum atomic E-state index is 9.87. The maximum absolute atomic E-state index is 9.87. The van der Waals surface area contributed by atoms with Gasteiger partial charge < -0.3 is 10.4 Å². The van der Waals surface area contributed by atoms with Gasteiger partial charge in [-0.1, -0.05) is 6.92 Å². The van der Waals surface area contributed by atoms with Crippen molar-refractivity contribution in [2.24, 2.45) is 13.0 Å². The highest BCUT2D eigenvalue weighted by molar-refractivity contribution is 7.99. The Morgan fingerprint density at radius 3 is 2.79 bits per heavy atom. The summed E-state index contributed by atoms with van der Waals surface area (Å²) in [6.45, 7) is 5.38. The molecule has 0 amide bonds. The van der Waals surface area contributed by atoms with Gasteiger partial charge in [0.2, 0.25) is 0 Å². The van der Waals surface area contributed by atoms with Gasteiger partial charge in [-0.2, -0.15) is 5.10 Å². The Morgan fingerprint density at radius 1 is 1.58 bits per heavy atom. The fourth-order valence-electron chi connectivity index (χ4n) is 2.48. The van der Waals surface area contributed by atoms with Crippen LogP contribution in [-0.2, 0) is 7.05 Å². The van der Waals surface area contributed by atoms with Gasteiger partial charge >= 0.3 is 0 Å². The Hall–Kier alpha value is -0.520. The molecule has 1 aliphatic rings. The lowest BCUT2D eigenvalue weighted by Gasteiger charge is -2.33. The smallest absolute Gasteiger partial charge is 0.0939 e. The second kappa shape index (κ2) is 6.29. The fraction of sp³-hybridized carbons (Fsp3) is 0.786. The van der Waals surface area contributed by atoms with E-state index in [1.165, 1.54) is 17.9 Å². The van der Waals surface area contributed by atoms with Gasteiger partial charge in [0.15, 0.2) is 0 Å². The van der Waals surface area contributed by atoms with Gasteiger partial charge in [-0.05, 0) is 44.7 Å². The third-order valence-electron chi connectivity index (χ3n) is 3.80. The summed E-state index contributed by atoms with van der Waals surface area (Å²) in [5.41, 5.74) is 0.936. The molecule has 1 aliphatic carbocycles. The van der Waals surface area contributed by atoms with E-state index in [0.717, 1.165) is 24.4 Å². The van der Waals surface area contributed by atoms with E-state index >= 15 is 0 Å². The predicted molar refractivity (Wildman–Crippen MR) is 79.5 cm³/mol. The summed E-state index contributed by atoms with van der Waals surface area (Å²) >= 11 is 1.80. The van der Waals surface area contributed by atoms with E-state index in [-0.39, 0.29) is 12.1 Å². The number of nitrogens with one attached hydrogen (secondary N) is 1. The van der Waals surface area contributed by atoms with Crippen molar-refractivity contribution in [1.29, 1.82) is 0 Å². The van der Waals surface area contributed by atoms with Crippen molar-refractivity contribution in [3.05, 3.63) is 11.8 Å². The lowest BCUT2D eigenvalue weighted by Crippen LogP contribution is -2.53. The van der Waals surface area contributed by atoms with E-state index in [0.29, 0.717) is 5.92 Å². The highest BCUT2D eigenvalue weighted by Crippen LogP contribution is 2.42. The van der Waals surface area contributed by atoms with Crippen molar-refractivity contribution in [1.82, 2.24) is 15.1 Å². The lowest BCUT2D eigenvalue weighted by molar-refractivity contribution is 0.159. The van der Waals surface area contributed by atoms with E-state index in [1.54, 1.807) is 11.8 Å². The molecule has 0 aromatic carbocycles. The van der Waals surface area contributed by atoms with Crippen LogP contribution in [0.5, 0.6) is 0 Å². The zero-order valence-corrected chi connectivity index (χ0v) is 13.0. The van der Waals surface area contributed by atoms with Crippen LogP contribution in [0.25, 0.3) is 0 Å². The van der Waals surface area contributed by atoms with E-state index in [2.05, 4.69) is 23.4 Å². The Morgan fingerprint density at radius 2 is 2.32 bits per heavy atom. The van der Waals surface area contributed by atoms with Crippen LogP contribution in [0.15, 0.2) is 11.1 Å². The molecule has 1 aromatic heterocycles. The minimum Gasteiger partial charge on any atom is -0.394 e. The largest absolute Gasteiger partial charge is 0.394 e. The molecular formula is C14H25N3OS. The van der Waals surface area contributed by atoms with Crippen molar-refractivity contribution in [2.45, 2.75) is 43.7 Å². The van der Waals surface area contributed by atoms with E-state index in [1.807, 2.05) is 18.7 Å². The van der Waals surface area contributed by atoms with Gasteiger partial charge in [0.05, 0.1) is 22.9 Å². The van der Waals surface area contributed by atoms with Gasteiger partial charge in [-0.25, -0.2) is 0 Å². The molecule has 0 saturated heterocycles. The molecule has 2 N–H and O–H groups in total. The number of aliphatic hydroxyl groups excluding tert-OH is 1. The Balaban J connectivity index is 2.01. The predicted octanol–water partition coefficient (Wildman–Crippen LogP) is 1.96. The van der Waals surface area contributed by atoms with Gasteiger partial charge in [-0.15, -0.1) is 11.8 Å². The second-order valence-electron chi connectivity index (χ2n) is 5.55. The van der Waals surface area contributed by atoms with E-state index in [9.17, 15) is 5.11 Å². The summed E-state index contributed by atoms with van der Waals surface area (Å²) in [5, 5.41) is 19.0. The van der Waals surface area contributed by atoms with Crippen molar-refractivity contribution < 1.29 is 5.11 Å². The molecule has 5 heteroatoms. The summed E-state index contributed by atoms with van der Waals surface area (Å²) in [7, 11) is 1.98. The summed E-state index contributed by atoms with van der Waals surface area (Å²) in [6.07, 6.45) is 3.58. The molecule has 1 saturated carbocycles. The van der Waals surface area contributed by atoms with Crippen LogP contribution in [0, 0.1) is 12.8 Å². The molecule has 1 atom stereocenters. The number of aryl methyl sites for hydroxylation is 2. The Labute approximate surface area is 120 Å². The van der Waals surface area contributed by atoms with Crippen LogP contribution >= 0.6 is 11.8 Å². The number of hydrogen-bond donors (Lipinski definition) is 2.